The molecule has 1 aromatic carbocycles. The van der Waals surface area contributed by atoms with Crippen LogP contribution in [0, 0.1) is 5.82 Å². The molecule has 1 saturated heterocycles. The zero-order chi connectivity index (χ0) is 22.5. The molecule has 168 valence electrons. The molecule has 9 nitrogen and oxygen atoms in total. The molecule has 0 bridgehead atoms. The first-order chi connectivity index (χ1) is 15.5. The van der Waals surface area contributed by atoms with E-state index in [9.17, 15) is 19.1 Å². The summed E-state index contributed by atoms with van der Waals surface area (Å²) in [6.45, 7) is 1.90. The van der Waals surface area contributed by atoms with Gasteiger partial charge in [-0.3, -0.25) is 9.69 Å². The summed E-state index contributed by atoms with van der Waals surface area (Å²) in [5, 5.41) is 12.8. The molecule has 11 heteroatoms. The van der Waals surface area contributed by atoms with E-state index in [0.29, 0.717) is 16.6 Å². The first-order valence-corrected chi connectivity index (χ1v) is 11.0. The van der Waals surface area contributed by atoms with Crippen molar-refractivity contribution >= 4 is 28.4 Å². The van der Waals surface area contributed by atoms with E-state index in [4.69, 9.17) is 0 Å². The quantitative estimate of drug-likeness (QED) is 0.503. The summed E-state index contributed by atoms with van der Waals surface area (Å²) >= 11 is 1.11. The molecule has 3 aromatic rings. The van der Waals surface area contributed by atoms with Gasteiger partial charge in [0.1, 0.15) is 10.7 Å². The summed E-state index contributed by atoms with van der Waals surface area (Å²) in [7, 11) is 0. The third kappa shape index (κ3) is 5.29. The normalized spacial score (nSPS) is 13.6. The van der Waals surface area contributed by atoms with Crippen LogP contribution in [0.25, 0.3) is 0 Å². The Morgan fingerprint density at radius 2 is 2.06 bits per heavy atom. The number of halogens is 1. The lowest BCUT2D eigenvalue weighted by molar-refractivity contribution is 0.0287. The Labute approximate surface area is 188 Å². The van der Waals surface area contributed by atoms with Gasteiger partial charge in [-0.2, -0.15) is 0 Å². The zero-order valence-corrected chi connectivity index (χ0v) is 18.0. The van der Waals surface area contributed by atoms with Crippen LogP contribution in [-0.4, -0.2) is 62.2 Å². The molecule has 0 spiro atoms. The Balaban J connectivity index is 1.41. The van der Waals surface area contributed by atoms with Crippen LogP contribution in [-0.2, 0) is 13.1 Å². The summed E-state index contributed by atoms with van der Waals surface area (Å²) in [5.74, 6) is -0.619. The first-order valence-electron chi connectivity index (χ1n) is 10.2. The maximum absolute atomic E-state index is 13.3. The maximum atomic E-state index is 13.3. The number of hydrogen-bond acceptors (Lipinski definition) is 6. The molecule has 2 aromatic heterocycles. The smallest absolute Gasteiger partial charge is 0.326 e. The molecule has 0 saturated carbocycles. The van der Waals surface area contributed by atoms with Crippen LogP contribution in [0.2, 0.25) is 0 Å². The van der Waals surface area contributed by atoms with Crippen molar-refractivity contribution in [3.05, 3.63) is 65.4 Å². The van der Waals surface area contributed by atoms with E-state index in [-0.39, 0.29) is 37.4 Å². The van der Waals surface area contributed by atoms with E-state index in [0.717, 1.165) is 29.9 Å². The molecule has 1 fully saturated rings. The number of aliphatic hydroxyl groups is 1. The van der Waals surface area contributed by atoms with Gasteiger partial charge in [0.15, 0.2) is 5.13 Å². The van der Waals surface area contributed by atoms with Gasteiger partial charge in [-0.15, -0.1) is 0 Å². The molecule has 0 atom stereocenters. The Kier molecular flexibility index (Phi) is 6.76. The van der Waals surface area contributed by atoms with Gasteiger partial charge in [-0.25, -0.2) is 19.2 Å². The van der Waals surface area contributed by atoms with Crippen molar-refractivity contribution in [2.45, 2.75) is 25.6 Å². The van der Waals surface area contributed by atoms with Gasteiger partial charge < -0.3 is 19.9 Å². The van der Waals surface area contributed by atoms with E-state index < -0.39 is 6.10 Å². The van der Waals surface area contributed by atoms with Gasteiger partial charge in [-0.1, -0.05) is 23.5 Å². The van der Waals surface area contributed by atoms with Gasteiger partial charge in [0, 0.05) is 25.5 Å². The lowest BCUT2D eigenvalue weighted by Gasteiger charge is -2.38. The molecule has 4 rings (SSSR count). The number of β-amino-alcohol motifs (C(OH)–C–C–N with tert-alkyl or cyclic N) is 1. The second-order valence-corrected chi connectivity index (χ2v) is 8.48. The fraction of sp³-hybridized carbons (Fsp3) is 0.333. The number of benzene rings is 1. The second kappa shape index (κ2) is 9.88. The highest BCUT2D eigenvalue weighted by atomic mass is 32.1. The van der Waals surface area contributed by atoms with Crippen molar-refractivity contribution in [3.63, 3.8) is 0 Å². The molecular formula is C21H23FN6O3S. The van der Waals surface area contributed by atoms with Crippen molar-refractivity contribution in [1.29, 1.82) is 0 Å². The number of carbonyl (C=O) groups excluding carboxylic acids is 2. The molecule has 0 unspecified atom stereocenters. The number of nitrogens with one attached hydrogen (secondary N) is 1. The molecule has 1 aliphatic rings. The summed E-state index contributed by atoms with van der Waals surface area (Å²) in [6, 6.07) is 5.54. The summed E-state index contributed by atoms with van der Waals surface area (Å²) in [4.78, 5) is 37.1. The number of imidazole rings is 1. The highest BCUT2D eigenvalue weighted by molar-refractivity contribution is 7.17. The minimum absolute atomic E-state index is 0.172. The maximum Gasteiger partial charge on any atom is 0.326 e. The number of anilines is 1. The Bertz CT molecular complexity index is 1050. The summed E-state index contributed by atoms with van der Waals surface area (Å²) < 4.78 is 15.2. The van der Waals surface area contributed by atoms with E-state index >= 15 is 0 Å². The first kappa shape index (κ1) is 21.9. The number of aromatic nitrogens is 3. The van der Waals surface area contributed by atoms with Crippen LogP contribution >= 0.6 is 11.3 Å². The largest absolute Gasteiger partial charge is 0.389 e. The Hall–Kier alpha value is -3.31. The Morgan fingerprint density at radius 1 is 1.28 bits per heavy atom. The summed E-state index contributed by atoms with van der Waals surface area (Å²) in [5.41, 5.74) is 0.724. The molecular weight excluding hydrogens is 435 g/mol. The lowest BCUT2D eigenvalue weighted by atomic mass is 10.2. The fourth-order valence-electron chi connectivity index (χ4n) is 3.24. The van der Waals surface area contributed by atoms with Crippen LogP contribution in [0.5, 0.6) is 0 Å². The van der Waals surface area contributed by atoms with E-state index in [1.54, 1.807) is 24.7 Å². The number of urea groups is 1. The highest BCUT2D eigenvalue weighted by Crippen LogP contribution is 2.27. The highest BCUT2D eigenvalue weighted by Gasteiger charge is 2.34. The van der Waals surface area contributed by atoms with Crippen LogP contribution in [0.4, 0.5) is 14.3 Å². The third-order valence-electron chi connectivity index (χ3n) is 5.00. The molecule has 3 amide bonds. The number of carbonyl (C=O) groups is 2. The zero-order valence-electron chi connectivity index (χ0n) is 17.2. The molecule has 0 aliphatic carbocycles. The minimum Gasteiger partial charge on any atom is -0.389 e. The SMILES string of the molecule is O=C(NCCCn1ccnc1)c1cnc(N(Cc2ccc(F)cc2)C(=O)N2CC(O)C2)s1. The summed E-state index contributed by atoms with van der Waals surface area (Å²) in [6.07, 6.45) is 6.95. The van der Waals surface area contributed by atoms with Crippen LogP contribution in [0.1, 0.15) is 21.7 Å². The Morgan fingerprint density at radius 3 is 2.75 bits per heavy atom. The average Bonchev–Trinajstić information content (AvgIpc) is 3.46. The van der Waals surface area contributed by atoms with Crippen LogP contribution < -0.4 is 10.2 Å². The monoisotopic (exact) mass is 458 g/mol. The van der Waals surface area contributed by atoms with E-state index in [1.807, 2.05) is 10.8 Å². The number of likely N-dealkylation sites (tertiary alicyclic amines) is 1. The van der Waals surface area contributed by atoms with Gasteiger partial charge in [0.05, 0.1) is 38.3 Å². The van der Waals surface area contributed by atoms with Crippen LogP contribution in [0.3, 0.4) is 0 Å². The number of nitrogens with zero attached hydrogens (tertiary/aromatic N) is 5. The van der Waals surface area contributed by atoms with Crippen molar-refractivity contribution in [1.82, 2.24) is 24.8 Å². The van der Waals surface area contributed by atoms with Crippen LogP contribution in [0.15, 0.2) is 49.2 Å². The average molecular weight is 459 g/mol. The second-order valence-electron chi connectivity index (χ2n) is 7.47. The number of thiazole rings is 1. The van der Waals surface area contributed by atoms with Gasteiger partial charge in [0.25, 0.3) is 5.91 Å². The van der Waals surface area contributed by atoms with Crippen molar-refractivity contribution < 1.29 is 19.1 Å². The molecule has 3 heterocycles. The third-order valence-corrected chi connectivity index (χ3v) is 6.02. The molecule has 32 heavy (non-hydrogen) atoms. The minimum atomic E-state index is -0.536. The number of amides is 3. The number of aliphatic hydroxyl groups excluding tert-OH is 1. The predicted molar refractivity (Wildman–Crippen MR) is 117 cm³/mol. The number of hydrogen-bond donors (Lipinski definition) is 2. The topological polar surface area (TPSA) is 104 Å². The predicted octanol–water partition coefficient (Wildman–Crippen LogP) is 2.10. The van der Waals surface area contributed by atoms with Gasteiger partial charge in [-0.05, 0) is 24.1 Å². The van der Waals surface area contributed by atoms with Crippen molar-refractivity contribution in [3.8, 4) is 0 Å². The standard InChI is InChI=1S/C21H23FN6O3S/c22-16-4-2-15(3-5-16)11-28(21(31)27-12-17(29)13-27)20-25-10-18(32-20)19(30)24-6-1-8-26-9-7-23-14-26/h2-5,7,9-10,14,17,29H,1,6,8,11-13H2,(H,24,30). The molecule has 0 radical (unpaired) electrons. The fourth-order valence-corrected chi connectivity index (χ4v) is 4.06. The van der Waals surface area contributed by atoms with E-state index in [2.05, 4.69) is 15.3 Å². The number of rotatable bonds is 8. The van der Waals surface area contributed by atoms with Crippen molar-refractivity contribution in [2.24, 2.45) is 0 Å². The molecule has 1 aliphatic heterocycles. The van der Waals surface area contributed by atoms with Gasteiger partial charge in [0.2, 0.25) is 0 Å². The van der Waals surface area contributed by atoms with E-state index in [1.165, 1.54) is 28.1 Å². The van der Waals surface area contributed by atoms with Gasteiger partial charge >= 0.3 is 6.03 Å². The lowest BCUT2D eigenvalue weighted by Crippen LogP contribution is -2.57. The van der Waals surface area contributed by atoms with Crippen molar-refractivity contribution in [2.75, 3.05) is 24.5 Å². The molecule has 2 N–H and O–H groups in total. The number of aryl methyl sites for hydroxylation is 1.